The van der Waals surface area contributed by atoms with Gasteiger partial charge in [-0.15, -0.1) is 5.10 Å². The normalized spacial score (nSPS) is 13.5. The maximum absolute atomic E-state index is 4.26. The van der Waals surface area contributed by atoms with Crippen molar-refractivity contribution in [3.05, 3.63) is 12.0 Å². The van der Waals surface area contributed by atoms with Gasteiger partial charge in [-0.05, 0) is 13.3 Å². The molecule has 0 N–H and O–H groups in total. The lowest BCUT2D eigenvalue weighted by atomic mass is 10.1. The van der Waals surface area contributed by atoms with Gasteiger partial charge in [0, 0.05) is 12.1 Å². The van der Waals surface area contributed by atoms with Crippen molar-refractivity contribution in [2.24, 2.45) is 4.99 Å². The van der Waals surface area contributed by atoms with Crippen LogP contribution in [-0.4, -0.2) is 21.4 Å². The molecule has 1 aromatic heterocycles. The van der Waals surface area contributed by atoms with Crippen LogP contribution in [0.3, 0.4) is 0 Å². The minimum absolute atomic E-state index is 0.347. The molecule has 1 unspecified atom stereocenters. The Morgan fingerprint density at radius 2 is 2.38 bits per heavy atom. The van der Waals surface area contributed by atoms with Gasteiger partial charge in [0.05, 0.1) is 6.20 Å². The molecule has 0 aliphatic carbocycles. The summed E-state index contributed by atoms with van der Waals surface area (Å²) in [4.78, 5) is 8.31. The van der Waals surface area contributed by atoms with Crippen LogP contribution in [0.25, 0.3) is 0 Å². The molecule has 0 aliphatic rings. The smallest absolute Gasteiger partial charge is 0.174 e. The van der Waals surface area contributed by atoms with Gasteiger partial charge in [0.1, 0.15) is 0 Å². The summed E-state index contributed by atoms with van der Waals surface area (Å²) in [5.74, 6) is 1.75. The maximum Gasteiger partial charge on any atom is 0.174 e. The highest BCUT2D eigenvalue weighted by atomic mass is 15.2. The van der Waals surface area contributed by atoms with E-state index in [-0.39, 0.29) is 0 Å². The highest BCUT2D eigenvalue weighted by Crippen LogP contribution is 2.15. The van der Waals surface area contributed by atoms with E-state index in [1.165, 1.54) is 0 Å². The SMILES string of the molecule is CC=Nc1cnnc(C(C)CC)n1. The second-order valence-corrected chi connectivity index (χ2v) is 2.87. The highest BCUT2D eigenvalue weighted by molar-refractivity contribution is 5.58. The average Bonchev–Trinajstić information content (AvgIpc) is 2.18. The molecule has 0 saturated carbocycles. The molecule has 13 heavy (non-hydrogen) atoms. The van der Waals surface area contributed by atoms with E-state index in [1.54, 1.807) is 12.4 Å². The topological polar surface area (TPSA) is 51.0 Å². The van der Waals surface area contributed by atoms with Crippen LogP contribution in [0.5, 0.6) is 0 Å². The Balaban J connectivity index is 2.91. The molecule has 1 heterocycles. The van der Waals surface area contributed by atoms with Crippen molar-refractivity contribution in [1.82, 2.24) is 15.2 Å². The molecule has 4 nitrogen and oxygen atoms in total. The molecule has 0 saturated heterocycles. The third-order valence-electron chi connectivity index (χ3n) is 1.88. The summed E-state index contributed by atoms with van der Waals surface area (Å²) >= 11 is 0. The zero-order valence-electron chi connectivity index (χ0n) is 8.23. The first-order valence-electron chi connectivity index (χ1n) is 4.46. The summed E-state index contributed by atoms with van der Waals surface area (Å²) in [5, 5.41) is 7.80. The second-order valence-electron chi connectivity index (χ2n) is 2.87. The Kier molecular flexibility index (Phi) is 3.49. The van der Waals surface area contributed by atoms with Crippen molar-refractivity contribution in [3.63, 3.8) is 0 Å². The lowest BCUT2D eigenvalue weighted by Gasteiger charge is -2.04. The van der Waals surface area contributed by atoms with E-state index in [9.17, 15) is 0 Å². The van der Waals surface area contributed by atoms with Crippen LogP contribution in [0.1, 0.15) is 38.9 Å². The zero-order chi connectivity index (χ0) is 9.68. The van der Waals surface area contributed by atoms with Crippen molar-refractivity contribution in [1.29, 1.82) is 0 Å². The van der Waals surface area contributed by atoms with Gasteiger partial charge in [-0.2, -0.15) is 5.10 Å². The number of aliphatic imine (C=N–C) groups is 1. The minimum atomic E-state index is 0.347. The number of rotatable bonds is 3. The van der Waals surface area contributed by atoms with Gasteiger partial charge in [-0.25, -0.2) is 9.98 Å². The largest absolute Gasteiger partial charge is 0.240 e. The van der Waals surface area contributed by atoms with E-state index in [2.05, 4.69) is 34.0 Å². The summed E-state index contributed by atoms with van der Waals surface area (Å²) in [5.41, 5.74) is 0. The second kappa shape index (κ2) is 4.64. The standard InChI is InChI=1S/C9H14N4/c1-4-7(3)9-12-8(10-5-2)6-11-13-9/h5-7H,4H2,1-3H3. The van der Waals surface area contributed by atoms with Crippen LogP contribution in [0, 0.1) is 0 Å². The molecule has 1 rings (SSSR count). The Morgan fingerprint density at radius 3 is 3.00 bits per heavy atom. The molecule has 0 bridgehead atoms. The first-order valence-corrected chi connectivity index (χ1v) is 4.46. The Morgan fingerprint density at radius 1 is 1.62 bits per heavy atom. The van der Waals surface area contributed by atoms with Crippen molar-refractivity contribution >= 4 is 12.0 Å². The minimum Gasteiger partial charge on any atom is -0.240 e. The molecular formula is C9H14N4. The van der Waals surface area contributed by atoms with Gasteiger partial charge in [-0.1, -0.05) is 13.8 Å². The maximum atomic E-state index is 4.26. The fourth-order valence-electron chi connectivity index (χ4n) is 0.894. The van der Waals surface area contributed by atoms with Crippen molar-refractivity contribution in [2.45, 2.75) is 33.1 Å². The molecule has 0 aromatic carbocycles. The lowest BCUT2D eigenvalue weighted by molar-refractivity contribution is 0.658. The Labute approximate surface area is 78.1 Å². The van der Waals surface area contributed by atoms with Crippen LogP contribution >= 0.6 is 0 Å². The molecule has 0 spiro atoms. The van der Waals surface area contributed by atoms with Gasteiger partial charge in [0.25, 0.3) is 0 Å². The van der Waals surface area contributed by atoms with E-state index in [4.69, 9.17) is 0 Å². The van der Waals surface area contributed by atoms with Crippen LogP contribution in [0.2, 0.25) is 0 Å². The molecular weight excluding hydrogens is 164 g/mol. The van der Waals surface area contributed by atoms with Crippen molar-refractivity contribution in [2.75, 3.05) is 0 Å². The van der Waals surface area contributed by atoms with E-state index in [0.29, 0.717) is 11.7 Å². The predicted molar refractivity (Wildman–Crippen MR) is 52.4 cm³/mol. The molecule has 1 atom stereocenters. The molecule has 0 radical (unpaired) electrons. The lowest BCUT2D eigenvalue weighted by Crippen LogP contribution is -2.00. The number of hydrogen-bond donors (Lipinski definition) is 0. The van der Waals surface area contributed by atoms with E-state index >= 15 is 0 Å². The molecule has 0 amide bonds. The molecule has 4 heteroatoms. The van der Waals surface area contributed by atoms with Gasteiger partial charge in [-0.3, -0.25) is 0 Å². The van der Waals surface area contributed by atoms with Crippen LogP contribution < -0.4 is 0 Å². The molecule has 70 valence electrons. The highest BCUT2D eigenvalue weighted by Gasteiger charge is 2.06. The van der Waals surface area contributed by atoms with Crippen molar-refractivity contribution < 1.29 is 0 Å². The summed E-state index contributed by atoms with van der Waals surface area (Å²) < 4.78 is 0. The summed E-state index contributed by atoms with van der Waals surface area (Å²) in [6, 6.07) is 0. The first kappa shape index (κ1) is 9.77. The predicted octanol–water partition coefficient (Wildman–Crippen LogP) is 2.11. The van der Waals surface area contributed by atoms with Crippen LogP contribution in [-0.2, 0) is 0 Å². The first-order chi connectivity index (χ1) is 6.27. The molecule has 1 aromatic rings. The quantitative estimate of drug-likeness (QED) is 0.666. The summed E-state index contributed by atoms with van der Waals surface area (Å²) in [6.45, 7) is 6.03. The Bertz CT molecular complexity index is 295. The van der Waals surface area contributed by atoms with E-state index in [0.717, 1.165) is 12.2 Å². The van der Waals surface area contributed by atoms with Crippen LogP contribution in [0.4, 0.5) is 5.82 Å². The third kappa shape index (κ3) is 2.57. The molecule has 0 aliphatic heterocycles. The van der Waals surface area contributed by atoms with Gasteiger partial charge >= 0.3 is 0 Å². The van der Waals surface area contributed by atoms with Gasteiger partial charge in [0.15, 0.2) is 11.6 Å². The third-order valence-corrected chi connectivity index (χ3v) is 1.88. The zero-order valence-corrected chi connectivity index (χ0v) is 8.23. The van der Waals surface area contributed by atoms with E-state index < -0.39 is 0 Å². The van der Waals surface area contributed by atoms with E-state index in [1.807, 2.05) is 6.92 Å². The summed E-state index contributed by atoms with van der Waals surface area (Å²) in [7, 11) is 0. The van der Waals surface area contributed by atoms with Crippen LogP contribution in [0.15, 0.2) is 11.2 Å². The average molecular weight is 178 g/mol. The molecule has 0 fully saturated rings. The monoisotopic (exact) mass is 178 g/mol. The van der Waals surface area contributed by atoms with Crippen molar-refractivity contribution in [3.8, 4) is 0 Å². The fourth-order valence-corrected chi connectivity index (χ4v) is 0.894. The number of nitrogens with zero attached hydrogens (tertiary/aromatic N) is 4. The number of aromatic nitrogens is 3. The van der Waals surface area contributed by atoms with Gasteiger partial charge in [0.2, 0.25) is 0 Å². The van der Waals surface area contributed by atoms with Gasteiger partial charge < -0.3 is 0 Å². The summed E-state index contributed by atoms with van der Waals surface area (Å²) in [6.07, 6.45) is 4.28. The fraction of sp³-hybridized carbons (Fsp3) is 0.556. The number of hydrogen-bond acceptors (Lipinski definition) is 4. The Hall–Kier alpha value is -1.32.